The molecule has 12 heteroatoms. The van der Waals surface area contributed by atoms with E-state index < -0.39 is 47.3 Å². The first kappa shape index (κ1) is 24.3. The molecular formula is C22H19F3N4O5. The lowest BCUT2D eigenvalue weighted by Gasteiger charge is -2.16. The predicted octanol–water partition coefficient (Wildman–Crippen LogP) is 4.24. The third kappa shape index (κ3) is 5.71. The number of halogens is 3. The van der Waals surface area contributed by atoms with Crippen LogP contribution in [0.5, 0.6) is 0 Å². The van der Waals surface area contributed by atoms with Crippen LogP contribution in [0.3, 0.4) is 0 Å². The maximum absolute atomic E-state index is 14.6. The smallest absolute Gasteiger partial charge is 0.326 e. The Morgan fingerprint density at radius 2 is 1.71 bits per heavy atom. The van der Waals surface area contributed by atoms with Gasteiger partial charge in [-0.1, -0.05) is 19.0 Å². The van der Waals surface area contributed by atoms with Crippen molar-refractivity contribution in [1.82, 2.24) is 10.5 Å². The summed E-state index contributed by atoms with van der Waals surface area (Å²) in [6.45, 7) is 3.23. The number of urea groups is 1. The molecule has 0 radical (unpaired) electrons. The van der Waals surface area contributed by atoms with Gasteiger partial charge in [-0.15, -0.1) is 0 Å². The molecule has 1 atom stereocenters. The number of carbonyl (C=O) groups excluding carboxylic acids is 2. The molecule has 2 aromatic carbocycles. The predicted molar refractivity (Wildman–Crippen MR) is 115 cm³/mol. The molecule has 0 unspecified atom stereocenters. The van der Waals surface area contributed by atoms with Gasteiger partial charge in [0.25, 0.3) is 5.91 Å². The van der Waals surface area contributed by atoms with Crippen LogP contribution in [0.1, 0.15) is 24.4 Å². The lowest BCUT2D eigenvalue weighted by molar-refractivity contribution is -0.140. The van der Waals surface area contributed by atoms with E-state index in [0.29, 0.717) is 6.07 Å². The second-order valence-corrected chi connectivity index (χ2v) is 7.51. The van der Waals surface area contributed by atoms with Gasteiger partial charge in [0.15, 0.2) is 0 Å². The number of hydrogen-bond donors (Lipinski definition) is 4. The number of aliphatic carboxylic acids is 1. The number of nitrogens with one attached hydrogen (secondary N) is 3. The number of rotatable bonds is 7. The van der Waals surface area contributed by atoms with E-state index >= 15 is 0 Å². The summed E-state index contributed by atoms with van der Waals surface area (Å²) in [5.74, 6) is -5.37. The third-order valence-corrected chi connectivity index (χ3v) is 4.64. The number of anilines is 2. The Morgan fingerprint density at radius 3 is 2.32 bits per heavy atom. The highest BCUT2D eigenvalue weighted by molar-refractivity contribution is 6.00. The van der Waals surface area contributed by atoms with Crippen LogP contribution in [0.25, 0.3) is 11.3 Å². The number of benzene rings is 2. The van der Waals surface area contributed by atoms with E-state index in [0.717, 1.165) is 24.3 Å². The number of carboxylic acids is 1. The van der Waals surface area contributed by atoms with Crippen molar-refractivity contribution in [3.8, 4) is 11.3 Å². The lowest BCUT2D eigenvalue weighted by Crippen LogP contribution is -2.44. The molecule has 3 rings (SSSR count). The summed E-state index contributed by atoms with van der Waals surface area (Å²) < 4.78 is 46.1. The van der Waals surface area contributed by atoms with E-state index in [2.05, 4.69) is 21.1 Å². The van der Waals surface area contributed by atoms with Gasteiger partial charge >= 0.3 is 12.0 Å². The highest BCUT2D eigenvalue weighted by Crippen LogP contribution is 2.25. The Hall–Kier alpha value is -4.35. The Morgan fingerprint density at radius 1 is 0.971 bits per heavy atom. The van der Waals surface area contributed by atoms with Gasteiger partial charge in [0, 0.05) is 23.4 Å². The summed E-state index contributed by atoms with van der Waals surface area (Å²) in [7, 11) is 0. The lowest BCUT2D eigenvalue weighted by atomic mass is 10.0. The Labute approximate surface area is 190 Å². The molecule has 1 heterocycles. The average Bonchev–Trinajstić information content (AvgIpc) is 3.23. The van der Waals surface area contributed by atoms with Crippen LogP contribution < -0.4 is 16.0 Å². The molecule has 0 aliphatic heterocycles. The van der Waals surface area contributed by atoms with Gasteiger partial charge in [-0.3, -0.25) is 4.79 Å². The molecule has 0 spiro atoms. The molecule has 4 N–H and O–H groups in total. The number of hydrogen-bond acceptors (Lipinski definition) is 5. The summed E-state index contributed by atoms with van der Waals surface area (Å²) >= 11 is 0. The van der Waals surface area contributed by atoms with Crippen molar-refractivity contribution in [1.29, 1.82) is 0 Å². The quantitative estimate of drug-likeness (QED) is 0.403. The van der Waals surface area contributed by atoms with Gasteiger partial charge in [-0.05, 0) is 36.2 Å². The van der Waals surface area contributed by atoms with E-state index in [1.165, 1.54) is 12.1 Å². The van der Waals surface area contributed by atoms with Gasteiger partial charge < -0.3 is 25.6 Å². The first-order chi connectivity index (χ1) is 16.0. The van der Waals surface area contributed by atoms with E-state index in [9.17, 15) is 32.7 Å². The van der Waals surface area contributed by atoms with Gasteiger partial charge in [0.05, 0.1) is 5.69 Å². The third-order valence-electron chi connectivity index (χ3n) is 4.64. The van der Waals surface area contributed by atoms with Gasteiger partial charge in [-0.2, -0.15) is 0 Å². The summed E-state index contributed by atoms with van der Waals surface area (Å²) in [6.07, 6.45) is 0. The maximum Gasteiger partial charge on any atom is 0.326 e. The number of nitrogens with zero attached hydrogens (tertiary/aromatic N) is 1. The van der Waals surface area contributed by atoms with E-state index in [1.807, 2.05) is 0 Å². The molecule has 34 heavy (non-hydrogen) atoms. The van der Waals surface area contributed by atoms with Crippen LogP contribution in [-0.2, 0) is 4.79 Å². The topological polar surface area (TPSA) is 134 Å². The molecule has 0 fully saturated rings. The Balaban J connectivity index is 1.69. The van der Waals surface area contributed by atoms with Crippen LogP contribution in [-0.4, -0.2) is 34.2 Å². The molecule has 0 bridgehead atoms. The molecule has 0 aliphatic carbocycles. The van der Waals surface area contributed by atoms with E-state index in [1.54, 1.807) is 13.8 Å². The minimum Gasteiger partial charge on any atom is -0.480 e. The van der Waals surface area contributed by atoms with Crippen molar-refractivity contribution in [2.75, 3.05) is 10.6 Å². The van der Waals surface area contributed by atoms with Crippen LogP contribution in [0, 0.1) is 23.4 Å². The zero-order valence-corrected chi connectivity index (χ0v) is 17.9. The summed E-state index contributed by atoms with van der Waals surface area (Å²) in [5.41, 5.74) is -0.351. The highest BCUT2D eigenvalue weighted by atomic mass is 19.1. The zero-order valence-electron chi connectivity index (χ0n) is 17.9. The fourth-order valence-corrected chi connectivity index (χ4v) is 2.91. The molecular weight excluding hydrogens is 457 g/mol. The van der Waals surface area contributed by atoms with Crippen molar-refractivity contribution in [3.63, 3.8) is 0 Å². The summed E-state index contributed by atoms with van der Waals surface area (Å²) in [4.78, 5) is 35.5. The van der Waals surface area contributed by atoms with Crippen LogP contribution in [0.4, 0.5) is 29.3 Å². The number of carboxylic acid groups (broad SMARTS) is 1. The Kier molecular flexibility index (Phi) is 7.19. The second kappa shape index (κ2) is 10.1. The van der Waals surface area contributed by atoms with Crippen LogP contribution in [0.2, 0.25) is 0 Å². The van der Waals surface area contributed by atoms with Crippen molar-refractivity contribution >= 4 is 29.3 Å². The number of amides is 3. The molecule has 0 aliphatic rings. The molecule has 0 saturated carbocycles. The molecule has 0 saturated heterocycles. The fraction of sp³-hybridized carbons (Fsp3) is 0.182. The average molecular weight is 476 g/mol. The zero-order chi connectivity index (χ0) is 25.0. The van der Waals surface area contributed by atoms with Crippen molar-refractivity contribution in [3.05, 3.63) is 65.7 Å². The van der Waals surface area contributed by atoms with Crippen LogP contribution in [0.15, 0.2) is 47.0 Å². The second-order valence-electron chi connectivity index (χ2n) is 7.51. The number of carbonyl (C=O) groups is 3. The molecule has 3 aromatic rings. The number of aromatic nitrogens is 1. The van der Waals surface area contributed by atoms with Crippen molar-refractivity contribution in [2.24, 2.45) is 5.92 Å². The van der Waals surface area contributed by atoms with Crippen molar-refractivity contribution < 1.29 is 37.2 Å². The van der Waals surface area contributed by atoms with Gasteiger partial charge in [-0.25, -0.2) is 22.8 Å². The Bertz CT molecular complexity index is 1250. The first-order valence-electron chi connectivity index (χ1n) is 9.88. The largest absolute Gasteiger partial charge is 0.480 e. The molecule has 178 valence electrons. The maximum atomic E-state index is 14.6. The molecule has 1 aromatic heterocycles. The SMILES string of the molecule is CC(C)[C@H](NC(=O)c1cc(-c2ccc(NC(=O)Nc3ccc(F)cc3F)cc2F)no1)C(=O)O. The fourth-order valence-electron chi connectivity index (χ4n) is 2.91. The summed E-state index contributed by atoms with van der Waals surface area (Å²) in [6, 6.07) is 5.24. The van der Waals surface area contributed by atoms with Gasteiger partial charge in [0.2, 0.25) is 5.76 Å². The van der Waals surface area contributed by atoms with E-state index in [4.69, 9.17) is 4.52 Å². The van der Waals surface area contributed by atoms with Crippen molar-refractivity contribution in [2.45, 2.75) is 19.9 Å². The van der Waals surface area contributed by atoms with Gasteiger partial charge in [0.1, 0.15) is 29.2 Å². The van der Waals surface area contributed by atoms with Crippen LogP contribution >= 0.6 is 0 Å². The minimum atomic E-state index is -1.22. The highest BCUT2D eigenvalue weighted by Gasteiger charge is 2.26. The molecule has 9 nitrogen and oxygen atoms in total. The normalized spacial score (nSPS) is 11.7. The monoisotopic (exact) mass is 476 g/mol. The summed E-state index contributed by atoms with van der Waals surface area (Å²) in [5, 5.41) is 19.6. The first-order valence-corrected chi connectivity index (χ1v) is 9.88. The standard InChI is InChI=1S/C22H19F3N4O5/c1-10(2)19(21(31)32)28-20(30)18-9-17(29-34-18)13-5-4-12(8-14(13)24)26-22(33)27-16-6-3-11(23)7-15(16)25/h3-10,19H,1-2H3,(H,28,30)(H,31,32)(H2,26,27,33)/t19-/m0/s1. The minimum absolute atomic E-state index is 0.0176. The molecule has 3 amide bonds. The van der Waals surface area contributed by atoms with E-state index in [-0.39, 0.29) is 28.4 Å².